The quantitative estimate of drug-likeness (QED) is 0.646. The first-order valence-electron chi connectivity index (χ1n) is 9.79. The molecule has 28 heavy (non-hydrogen) atoms. The Labute approximate surface area is 161 Å². The maximum Gasteiger partial charge on any atom is 0.250 e. The Morgan fingerprint density at radius 1 is 1.14 bits per heavy atom. The number of hydrogen-bond donors (Lipinski definition) is 3. The normalized spacial score (nSPS) is 34.2. The summed E-state index contributed by atoms with van der Waals surface area (Å²) in [5.74, 6) is -3.15. The van der Waals surface area contributed by atoms with E-state index in [0.29, 0.717) is 11.3 Å². The van der Waals surface area contributed by atoms with Crippen LogP contribution >= 0.6 is 0 Å². The van der Waals surface area contributed by atoms with E-state index in [-0.39, 0.29) is 30.2 Å². The third-order valence-corrected chi connectivity index (χ3v) is 6.77. The number of nitrogens with zero attached hydrogens (tertiary/aromatic N) is 1. The van der Waals surface area contributed by atoms with Crippen molar-refractivity contribution in [2.75, 3.05) is 5.32 Å². The number of likely N-dealkylation sites (tertiary alicyclic amines) is 1. The van der Waals surface area contributed by atoms with Crippen molar-refractivity contribution in [3.8, 4) is 0 Å². The van der Waals surface area contributed by atoms with E-state index in [2.05, 4.69) is 10.6 Å². The SMILES string of the molecule is NC(=O)CC1NC2(C(=O)Nc3ccccc32)C2C(=O)N(C3CCCC3)C(=O)C12. The Hall–Kier alpha value is -2.74. The van der Waals surface area contributed by atoms with Crippen LogP contribution in [0.3, 0.4) is 0 Å². The molecule has 1 aliphatic carbocycles. The van der Waals surface area contributed by atoms with Crippen LogP contribution in [0.25, 0.3) is 0 Å². The van der Waals surface area contributed by atoms with Gasteiger partial charge in [-0.05, 0) is 18.9 Å². The smallest absolute Gasteiger partial charge is 0.250 e. The number of primary amides is 1. The molecule has 0 aromatic heterocycles. The van der Waals surface area contributed by atoms with Gasteiger partial charge in [0.15, 0.2) is 0 Å². The van der Waals surface area contributed by atoms with Crippen LogP contribution in [0, 0.1) is 11.8 Å². The van der Waals surface area contributed by atoms with E-state index in [1.807, 2.05) is 0 Å². The first kappa shape index (κ1) is 17.4. The zero-order valence-corrected chi connectivity index (χ0v) is 15.3. The van der Waals surface area contributed by atoms with Gasteiger partial charge in [-0.25, -0.2) is 0 Å². The maximum absolute atomic E-state index is 13.5. The monoisotopic (exact) mass is 382 g/mol. The van der Waals surface area contributed by atoms with Crippen molar-refractivity contribution in [1.29, 1.82) is 0 Å². The second-order valence-corrected chi connectivity index (χ2v) is 8.22. The van der Waals surface area contributed by atoms with E-state index < -0.39 is 29.3 Å². The van der Waals surface area contributed by atoms with Gasteiger partial charge >= 0.3 is 0 Å². The van der Waals surface area contributed by atoms with Crippen LogP contribution < -0.4 is 16.4 Å². The fourth-order valence-corrected chi connectivity index (χ4v) is 5.69. The van der Waals surface area contributed by atoms with E-state index in [1.54, 1.807) is 24.3 Å². The van der Waals surface area contributed by atoms with Crippen molar-refractivity contribution < 1.29 is 19.2 Å². The second-order valence-electron chi connectivity index (χ2n) is 8.22. The van der Waals surface area contributed by atoms with Crippen molar-refractivity contribution in [3.63, 3.8) is 0 Å². The molecule has 146 valence electrons. The highest BCUT2D eigenvalue weighted by Crippen LogP contribution is 2.54. The van der Waals surface area contributed by atoms with Crippen LogP contribution in [0.2, 0.25) is 0 Å². The fraction of sp³-hybridized carbons (Fsp3) is 0.500. The first-order chi connectivity index (χ1) is 13.4. The molecule has 1 spiro atoms. The lowest BCUT2D eigenvalue weighted by atomic mass is 9.76. The third kappa shape index (κ3) is 2.09. The summed E-state index contributed by atoms with van der Waals surface area (Å²) in [5.41, 5.74) is 5.35. The number of para-hydroxylation sites is 1. The van der Waals surface area contributed by atoms with Crippen LogP contribution in [-0.2, 0) is 24.7 Å². The molecule has 4 atom stereocenters. The summed E-state index contributed by atoms with van der Waals surface area (Å²) in [6.45, 7) is 0. The van der Waals surface area contributed by atoms with Gasteiger partial charge in [0.25, 0.3) is 0 Å². The van der Waals surface area contributed by atoms with Crippen LogP contribution in [0.1, 0.15) is 37.7 Å². The lowest BCUT2D eigenvalue weighted by Gasteiger charge is -2.31. The highest BCUT2D eigenvalue weighted by molar-refractivity contribution is 6.15. The number of rotatable bonds is 3. The summed E-state index contributed by atoms with van der Waals surface area (Å²) in [5, 5.41) is 6.03. The average Bonchev–Trinajstić information content (AvgIpc) is 3.37. The molecule has 8 nitrogen and oxygen atoms in total. The van der Waals surface area contributed by atoms with Gasteiger partial charge in [-0.15, -0.1) is 0 Å². The van der Waals surface area contributed by atoms with Crippen molar-refractivity contribution in [1.82, 2.24) is 10.2 Å². The van der Waals surface area contributed by atoms with Crippen LogP contribution in [-0.4, -0.2) is 40.6 Å². The molecule has 8 heteroatoms. The lowest BCUT2D eigenvalue weighted by Crippen LogP contribution is -2.54. The highest BCUT2D eigenvalue weighted by Gasteiger charge is 2.71. The van der Waals surface area contributed by atoms with Gasteiger partial charge in [-0.1, -0.05) is 31.0 Å². The Morgan fingerprint density at radius 3 is 2.57 bits per heavy atom. The largest absolute Gasteiger partial charge is 0.370 e. The Kier molecular flexibility index (Phi) is 3.64. The maximum atomic E-state index is 13.5. The standard InChI is InChI=1S/C20H22N4O4/c21-14(25)9-13-15-16(18(27)24(17(15)26)10-5-1-2-6-10)20(23-13)11-7-3-4-8-12(11)22-19(20)28/h3-4,7-8,10,13,15-16,23H,1-2,5-6,9H2,(H2,21,25)(H,22,28). The molecular weight excluding hydrogens is 360 g/mol. The summed E-state index contributed by atoms with van der Waals surface area (Å²) in [7, 11) is 0. The minimum Gasteiger partial charge on any atom is -0.370 e. The molecule has 4 N–H and O–H groups in total. The molecule has 0 bridgehead atoms. The number of anilines is 1. The molecule has 3 heterocycles. The summed E-state index contributed by atoms with van der Waals surface area (Å²) in [6, 6.07) is 6.40. The molecule has 5 rings (SSSR count). The molecule has 1 aromatic rings. The fourth-order valence-electron chi connectivity index (χ4n) is 5.69. The Morgan fingerprint density at radius 2 is 1.86 bits per heavy atom. The third-order valence-electron chi connectivity index (χ3n) is 6.77. The lowest BCUT2D eigenvalue weighted by molar-refractivity contribution is -0.145. The van der Waals surface area contributed by atoms with Crippen molar-refractivity contribution >= 4 is 29.3 Å². The Bertz CT molecular complexity index is 909. The molecule has 0 radical (unpaired) electrons. The number of carbonyl (C=O) groups is 4. The predicted molar refractivity (Wildman–Crippen MR) is 98.6 cm³/mol. The van der Waals surface area contributed by atoms with Crippen molar-refractivity contribution in [2.24, 2.45) is 17.6 Å². The number of imide groups is 1. The number of fused-ring (bicyclic) bond motifs is 4. The average molecular weight is 382 g/mol. The number of amides is 4. The molecule has 1 saturated carbocycles. The van der Waals surface area contributed by atoms with Gasteiger partial charge in [0.2, 0.25) is 23.6 Å². The summed E-state index contributed by atoms with van der Waals surface area (Å²) < 4.78 is 0. The zero-order chi connectivity index (χ0) is 19.6. The van der Waals surface area contributed by atoms with Crippen LogP contribution in [0.5, 0.6) is 0 Å². The Balaban J connectivity index is 1.64. The van der Waals surface area contributed by atoms with E-state index in [1.165, 1.54) is 4.90 Å². The van der Waals surface area contributed by atoms with Crippen LogP contribution in [0.15, 0.2) is 24.3 Å². The second kappa shape index (κ2) is 5.88. The van der Waals surface area contributed by atoms with E-state index in [4.69, 9.17) is 5.73 Å². The molecule has 4 unspecified atom stereocenters. The number of nitrogens with one attached hydrogen (secondary N) is 2. The molecule has 4 aliphatic rings. The van der Waals surface area contributed by atoms with Gasteiger partial charge < -0.3 is 11.1 Å². The van der Waals surface area contributed by atoms with Crippen molar-refractivity contribution in [3.05, 3.63) is 29.8 Å². The van der Waals surface area contributed by atoms with Crippen molar-refractivity contribution in [2.45, 2.75) is 49.7 Å². The number of carbonyl (C=O) groups excluding carboxylic acids is 4. The van der Waals surface area contributed by atoms with E-state index >= 15 is 0 Å². The summed E-state index contributed by atoms with van der Waals surface area (Å²) in [6.07, 6.45) is 3.44. The number of nitrogens with two attached hydrogens (primary N) is 1. The minimum absolute atomic E-state index is 0.101. The van der Waals surface area contributed by atoms with Gasteiger partial charge in [-0.2, -0.15) is 0 Å². The first-order valence-corrected chi connectivity index (χ1v) is 9.79. The molecule has 2 saturated heterocycles. The topological polar surface area (TPSA) is 122 Å². The predicted octanol–water partition coefficient (Wildman–Crippen LogP) is 0.225. The molecule has 1 aromatic carbocycles. The van der Waals surface area contributed by atoms with Gasteiger partial charge in [-0.3, -0.25) is 29.4 Å². The molecule has 3 fully saturated rings. The zero-order valence-electron chi connectivity index (χ0n) is 15.3. The molecule has 4 amide bonds. The minimum atomic E-state index is -1.35. The summed E-state index contributed by atoms with van der Waals surface area (Å²) in [4.78, 5) is 53.0. The summed E-state index contributed by atoms with van der Waals surface area (Å²) >= 11 is 0. The van der Waals surface area contributed by atoms with Gasteiger partial charge in [0, 0.05) is 29.8 Å². The number of benzene rings is 1. The van der Waals surface area contributed by atoms with E-state index in [9.17, 15) is 19.2 Å². The molecular formula is C20H22N4O4. The van der Waals surface area contributed by atoms with Gasteiger partial charge in [0.1, 0.15) is 5.54 Å². The number of hydrogen-bond acceptors (Lipinski definition) is 5. The van der Waals surface area contributed by atoms with Gasteiger partial charge in [0.05, 0.1) is 11.8 Å². The van der Waals surface area contributed by atoms with E-state index in [0.717, 1.165) is 25.7 Å². The highest BCUT2D eigenvalue weighted by atomic mass is 16.2. The molecule has 3 aliphatic heterocycles. The van der Waals surface area contributed by atoms with Crippen LogP contribution in [0.4, 0.5) is 5.69 Å².